The van der Waals surface area contributed by atoms with Crippen molar-refractivity contribution in [3.63, 3.8) is 0 Å². The Morgan fingerprint density at radius 3 is 2.26 bits per heavy atom. The number of hydrogen-bond acceptors (Lipinski definition) is 2. The van der Waals surface area contributed by atoms with E-state index in [1.807, 2.05) is 0 Å². The number of halogens is 1. The maximum absolute atomic E-state index is 11.8. The maximum atomic E-state index is 11.8. The van der Waals surface area contributed by atoms with E-state index in [2.05, 4.69) is 11.8 Å². The van der Waals surface area contributed by atoms with E-state index >= 15 is 0 Å². The average molecular weight is 271 g/mol. The fourth-order valence-electron chi connectivity index (χ4n) is 1.48. The van der Waals surface area contributed by atoms with Crippen molar-refractivity contribution in [3.05, 3.63) is 64.7 Å². The van der Waals surface area contributed by atoms with Gasteiger partial charge in [-0.1, -0.05) is 17.5 Å². The zero-order valence-corrected chi connectivity index (χ0v) is 11.1. The van der Waals surface area contributed by atoms with Gasteiger partial charge in [-0.05, 0) is 54.5 Å². The standard InChI is InChI=1S/C16H11ClO2/c1-19-15-9-2-12(3-10-15)4-11-16(18)13-5-7-14(17)8-6-13/h2-3,5-10H,1H3. The van der Waals surface area contributed by atoms with Crippen LogP contribution in [0.2, 0.25) is 5.02 Å². The van der Waals surface area contributed by atoms with Crippen LogP contribution in [-0.4, -0.2) is 12.9 Å². The molecule has 0 radical (unpaired) electrons. The number of ketones is 1. The van der Waals surface area contributed by atoms with Crippen LogP contribution in [-0.2, 0) is 0 Å². The topological polar surface area (TPSA) is 26.3 Å². The quantitative estimate of drug-likeness (QED) is 0.616. The van der Waals surface area contributed by atoms with Crippen molar-refractivity contribution >= 4 is 17.4 Å². The Morgan fingerprint density at radius 2 is 1.68 bits per heavy atom. The van der Waals surface area contributed by atoms with E-state index in [0.717, 1.165) is 11.3 Å². The summed E-state index contributed by atoms with van der Waals surface area (Å²) in [7, 11) is 1.60. The average Bonchev–Trinajstić information content (AvgIpc) is 2.46. The molecule has 0 aromatic heterocycles. The minimum absolute atomic E-state index is 0.229. The number of hydrogen-bond donors (Lipinski definition) is 0. The van der Waals surface area contributed by atoms with Crippen molar-refractivity contribution in [1.29, 1.82) is 0 Å². The zero-order chi connectivity index (χ0) is 13.7. The molecule has 0 unspecified atom stereocenters. The van der Waals surface area contributed by atoms with E-state index in [1.54, 1.807) is 55.6 Å². The van der Waals surface area contributed by atoms with Gasteiger partial charge in [-0.3, -0.25) is 4.79 Å². The molecule has 0 N–H and O–H groups in total. The molecule has 3 heteroatoms. The first kappa shape index (κ1) is 13.2. The van der Waals surface area contributed by atoms with Crippen LogP contribution in [0.3, 0.4) is 0 Å². The predicted octanol–water partition coefficient (Wildman–Crippen LogP) is 3.58. The van der Waals surface area contributed by atoms with E-state index in [4.69, 9.17) is 16.3 Å². The van der Waals surface area contributed by atoms with Crippen LogP contribution in [0, 0.1) is 11.8 Å². The van der Waals surface area contributed by atoms with Crippen LogP contribution in [0.5, 0.6) is 5.75 Å². The number of rotatable bonds is 2. The van der Waals surface area contributed by atoms with Gasteiger partial charge in [0, 0.05) is 16.1 Å². The summed E-state index contributed by atoms with van der Waals surface area (Å²) in [6, 6.07) is 13.9. The van der Waals surface area contributed by atoms with Gasteiger partial charge in [0.15, 0.2) is 0 Å². The molecule has 2 aromatic carbocycles. The minimum Gasteiger partial charge on any atom is -0.497 e. The van der Waals surface area contributed by atoms with Crippen LogP contribution < -0.4 is 4.74 Å². The summed E-state index contributed by atoms with van der Waals surface area (Å²) in [5.41, 5.74) is 1.30. The maximum Gasteiger partial charge on any atom is 0.236 e. The molecule has 0 bridgehead atoms. The highest BCUT2D eigenvalue weighted by Crippen LogP contribution is 2.11. The summed E-state index contributed by atoms with van der Waals surface area (Å²) < 4.78 is 5.05. The molecular formula is C16H11ClO2. The van der Waals surface area contributed by atoms with Crippen molar-refractivity contribution in [2.75, 3.05) is 7.11 Å². The largest absolute Gasteiger partial charge is 0.497 e. The number of ether oxygens (including phenoxy) is 1. The molecule has 0 aliphatic carbocycles. The first-order valence-corrected chi connectivity index (χ1v) is 6.03. The normalized spacial score (nSPS) is 9.37. The van der Waals surface area contributed by atoms with Crippen molar-refractivity contribution in [2.45, 2.75) is 0 Å². The van der Waals surface area contributed by atoms with Crippen LogP contribution in [0.25, 0.3) is 0 Å². The van der Waals surface area contributed by atoms with Crippen LogP contribution >= 0.6 is 11.6 Å². The molecule has 0 saturated heterocycles. The molecule has 0 spiro atoms. The lowest BCUT2D eigenvalue weighted by Gasteiger charge is -1.97. The third-order valence-electron chi connectivity index (χ3n) is 2.52. The van der Waals surface area contributed by atoms with Gasteiger partial charge in [0.2, 0.25) is 5.78 Å². The Balaban J connectivity index is 2.14. The molecule has 2 rings (SSSR count). The SMILES string of the molecule is COc1ccc(C#CC(=O)c2ccc(Cl)cc2)cc1. The molecule has 0 amide bonds. The molecule has 94 valence electrons. The van der Waals surface area contributed by atoms with Gasteiger partial charge in [0.1, 0.15) is 5.75 Å². The highest BCUT2D eigenvalue weighted by atomic mass is 35.5. The van der Waals surface area contributed by atoms with Crippen molar-refractivity contribution in [1.82, 2.24) is 0 Å². The fraction of sp³-hybridized carbons (Fsp3) is 0.0625. The number of methoxy groups -OCH3 is 1. The molecule has 0 aliphatic heterocycles. The Hall–Kier alpha value is -2.24. The van der Waals surface area contributed by atoms with Crippen molar-refractivity contribution in [2.24, 2.45) is 0 Å². The van der Waals surface area contributed by atoms with E-state index < -0.39 is 0 Å². The van der Waals surface area contributed by atoms with Crippen LogP contribution in [0.15, 0.2) is 48.5 Å². The summed E-state index contributed by atoms with van der Waals surface area (Å²) in [6.45, 7) is 0. The molecule has 19 heavy (non-hydrogen) atoms. The lowest BCUT2D eigenvalue weighted by Crippen LogP contribution is -1.94. The zero-order valence-electron chi connectivity index (χ0n) is 10.3. The Kier molecular flexibility index (Phi) is 4.22. The number of benzene rings is 2. The highest BCUT2D eigenvalue weighted by Gasteiger charge is 2.01. The van der Waals surface area contributed by atoms with Gasteiger partial charge in [0.25, 0.3) is 0 Å². The van der Waals surface area contributed by atoms with Crippen LogP contribution in [0.1, 0.15) is 15.9 Å². The summed E-state index contributed by atoms with van der Waals surface area (Å²) in [6.07, 6.45) is 0. The number of carbonyl (C=O) groups is 1. The van der Waals surface area contributed by atoms with Crippen LogP contribution in [0.4, 0.5) is 0 Å². The monoisotopic (exact) mass is 270 g/mol. The lowest BCUT2D eigenvalue weighted by atomic mass is 10.1. The number of carbonyl (C=O) groups excluding carboxylic acids is 1. The van der Waals surface area contributed by atoms with Gasteiger partial charge in [-0.15, -0.1) is 0 Å². The highest BCUT2D eigenvalue weighted by molar-refractivity contribution is 6.30. The van der Waals surface area contributed by atoms with Gasteiger partial charge >= 0.3 is 0 Å². The van der Waals surface area contributed by atoms with E-state index in [9.17, 15) is 4.79 Å². The molecule has 2 nitrogen and oxygen atoms in total. The fourth-order valence-corrected chi connectivity index (χ4v) is 1.60. The number of Topliss-reactive ketones (excluding diaryl/α,β-unsaturated/α-hetero) is 1. The Morgan fingerprint density at radius 1 is 1.05 bits per heavy atom. The lowest BCUT2D eigenvalue weighted by molar-refractivity contribution is 0.105. The summed E-state index contributed by atoms with van der Waals surface area (Å²) in [5.74, 6) is 5.95. The third kappa shape index (κ3) is 3.61. The smallest absolute Gasteiger partial charge is 0.236 e. The van der Waals surface area contributed by atoms with E-state index in [1.165, 1.54) is 0 Å². The second kappa shape index (κ2) is 6.08. The molecule has 0 saturated carbocycles. The Labute approximate surface area is 117 Å². The molecule has 2 aromatic rings. The van der Waals surface area contributed by atoms with E-state index in [-0.39, 0.29) is 5.78 Å². The first-order valence-electron chi connectivity index (χ1n) is 5.65. The predicted molar refractivity (Wildman–Crippen MR) is 75.7 cm³/mol. The van der Waals surface area contributed by atoms with E-state index in [0.29, 0.717) is 10.6 Å². The van der Waals surface area contributed by atoms with Gasteiger partial charge in [0.05, 0.1) is 7.11 Å². The van der Waals surface area contributed by atoms with Gasteiger partial charge in [-0.2, -0.15) is 0 Å². The molecule has 0 aliphatic rings. The third-order valence-corrected chi connectivity index (χ3v) is 2.77. The second-order valence-electron chi connectivity index (χ2n) is 3.81. The van der Waals surface area contributed by atoms with Crippen molar-refractivity contribution in [3.8, 4) is 17.6 Å². The summed E-state index contributed by atoms with van der Waals surface area (Å²) in [4.78, 5) is 11.8. The molecule has 0 atom stereocenters. The molecule has 0 heterocycles. The van der Waals surface area contributed by atoms with Crippen molar-refractivity contribution < 1.29 is 9.53 Å². The van der Waals surface area contributed by atoms with Gasteiger partial charge in [-0.25, -0.2) is 0 Å². The van der Waals surface area contributed by atoms with Gasteiger partial charge < -0.3 is 4.74 Å². The summed E-state index contributed by atoms with van der Waals surface area (Å²) in [5, 5.41) is 0.597. The summed E-state index contributed by atoms with van der Waals surface area (Å²) >= 11 is 5.76. The minimum atomic E-state index is -0.229. The Bertz CT molecular complexity index is 631. The molecule has 0 fully saturated rings. The first-order chi connectivity index (χ1) is 9.19. The molecular weight excluding hydrogens is 260 g/mol. The second-order valence-corrected chi connectivity index (χ2v) is 4.25.